The van der Waals surface area contributed by atoms with Crippen LogP contribution in [-0.4, -0.2) is 12.7 Å². The first-order valence-corrected chi connectivity index (χ1v) is 4.61. The van der Waals surface area contributed by atoms with E-state index < -0.39 is 0 Å². The molecule has 0 aromatic rings. The standard InChI is InChI=1S/C10H18O/c1-3-5-10(9-6-7-9)11-8-4-2/h4,9-10H,2-3,5-8H2,1H3. The summed E-state index contributed by atoms with van der Waals surface area (Å²) in [4.78, 5) is 0. The molecule has 1 rings (SSSR count). The molecule has 1 aliphatic carbocycles. The van der Waals surface area contributed by atoms with Crippen LogP contribution in [0.5, 0.6) is 0 Å². The predicted molar refractivity (Wildman–Crippen MR) is 47.6 cm³/mol. The summed E-state index contributed by atoms with van der Waals surface area (Å²) in [6.45, 7) is 6.59. The van der Waals surface area contributed by atoms with Crippen LogP contribution < -0.4 is 0 Å². The third-order valence-electron chi connectivity index (χ3n) is 2.15. The second-order valence-electron chi connectivity index (χ2n) is 3.29. The van der Waals surface area contributed by atoms with Gasteiger partial charge in [-0.2, -0.15) is 0 Å². The van der Waals surface area contributed by atoms with Crippen LogP contribution in [0.3, 0.4) is 0 Å². The number of ether oxygens (including phenoxy) is 1. The van der Waals surface area contributed by atoms with Crippen LogP contribution in [0.1, 0.15) is 32.6 Å². The van der Waals surface area contributed by atoms with Crippen molar-refractivity contribution < 1.29 is 4.74 Å². The number of rotatable bonds is 6. The first-order chi connectivity index (χ1) is 5.38. The Hall–Kier alpha value is -0.300. The third-order valence-corrected chi connectivity index (χ3v) is 2.15. The van der Waals surface area contributed by atoms with Gasteiger partial charge in [-0.05, 0) is 25.2 Å². The Morgan fingerprint density at radius 3 is 2.82 bits per heavy atom. The molecular formula is C10H18O. The Morgan fingerprint density at radius 1 is 1.64 bits per heavy atom. The predicted octanol–water partition coefficient (Wildman–Crippen LogP) is 2.77. The van der Waals surface area contributed by atoms with E-state index >= 15 is 0 Å². The minimum Gasteiger partial charge on any atom is -0.374 e. The molecule has 1 unspecified atom stereocenters. The molecule has 0 aromatic carbocycles. The molecule has 1 heteroatoms. The van der Waals surface area contributed by atoms with Crippen molar-refractivity contribution >= 4 is 0 Å². The number of hydrogen-bond acceptors (Lipinski definition) is 1. The van der Waals surface area contributed by atoms with Gasteiger partial charge in [0, 0.05) is 0 Å². The van der Waals surface area contributed by atoms with Gasteiger partial charge in [-0.1, -0.05) is 19.4 Å². The molecule has 1 nitrogen and oxygen atoms in total. The van der Waals surface area contributed by atoms with Crippen molar-refractivity contribution in [1.82, 2.24) is 0 Å². The fourth-order valence-electron chi connectivity index (χ4n) is 1.40. The van der Waals surface area contributed by atoms with Gasteiger partial charge in [0.1, 0.15) is 0 Å². The molecule has 0 radical (unpaired) electrons. The molecule has 1 atom stereocenters. The Balaban J connectivity index is 2.14. The first kappa shape index (κ1) is 8.79. The molecule has 0 aromatic heterocycles. The Morgan fingerprint density at radius 2 is 2.36 bits per heavy atom. The van der Waals surface area contributed by atoms with Gasteiger partial charge in [0.25, 0.3) is 0 Å². The van der Waals surface area contributed by atoms with Crippen LogP contribution in [0.25, 0.3) is 0 Å². The van der Waals surface area contributed by atoms with Gasteiger partial charge < -0.3 is 4.74 Å². The van der Waals surface area contributed by atoms with Crippen molar-refractivity contribution in [2.45, 2.75) is 38.7 Å². The fraction of sp³-hybridized carbons (Fsp3) is 0.800. The van der Waals surface area contributed by atoms with Crippen molar-refractivity contribution in [3.63, 3.8) is 0 Å². The highest BCUT2D eigenvalue weighted by Gasteiger charge is 2.30. The topological polar surface area (TPSA) is 9.23 Å². The summed E-state index contributed by atoms with van der Waals surface area (Å²) in [6.07, 6.45) is 7.57. The maximum absolute atomic E-state index is 5.64. The van der Waals surface area contributed by atoms with Crippen LogP contribution in [0.15, 0.2) is 12.7 Å². The largest absolute Gasteiger partial charge is 0.374 e. The average Bonchev–Trinajstić information content (AvgIpc) is 2.80. The summed E-state index contributed by atoms with van der Waals surface area (Å²) in [7, 11) is 0. The van der Waals surface area contributed by atoms with E-state index in [4.69, 9.17) is 4.74 Å². The molecule has 0 saturated heterocycles. The molecule has 0 spiro atoms. The smallest absolute Gasteiger partial charge is 0.0648 e. The highest BCUT2D eigenvalue weighted by Crippen LogP contribution is 2.36. The van der Waals surface area contributed by atoms with Crippen molar-refractivity contribution in [2.24, 2.45) is 5.92 Å². The Kier molecular flexibility index (Phi) is 3.64. The normalized spacial score (nSPS) is 19.7. The van der Waals surface area contributed by atoms with Crippen molar-refractivity contribution in [3.05, 3.63) is 12.7 Å². The lowest BCUT2D eigenvalue weighted by molar-refractivity contribution is 0.0511. The van der Waals surface area contributed by atoms with Gasteiger partial charge in [-0.25, -0.2) is 0 Å². The van der Waals surface area contributed by atoms with E-state index in [9.17, 15) is 0 Å². The second-order valence-corrected chi connectivity index (χ2v) is 3.29. The molecule has 0 bridgehead atoms. The molecule has 0 N–H and O–H groups in total. The maximum atomic E-state index is 5.64. The van der Waals surface area contributed by atoms with Gasteiger partial charge in [0.05, 0.1) is 12.7 Å². The molecule has 0 amide bonds. The minimum absolute atomic E-state index is 0.526. The highest BCUT2D eigenvalue weighted by atomic mass is 16.5. The highest BCUT2D eigenvalue weighted by molar-refractivity contribution is 4.82. The van der Waals surface area contributed by atoms with Crippen molar-refractivity contribution in [3.8, 4) is 0 Å². The van der Waals surface area contributed by atoms with Gasteiger partial charge >= 0.3 is 0 Å². The van der Waals surface area contributed by atoms with Gasteiger partial charge in [-0.15, -0.1) is 6.58 Å². The lowest BCUT2D eigenvalue weighted by atomic mass is 10.1. The molecular weight excluding hydrogens is 136 g/mol. The fourth-order valence-corrected chi connectivity index (χ4v) is 1.40. The average molecular weight is 154 g/mol. The molecule has 1 saturated carbocycles. The molecule has 0 heterocycles. The zero-order valence-electron chi connectivity index (χ0n) is 7.38. The molecule has 0 aliphatic heterocycles. The molecule has 1 aliphatic rings. The van der Waals surface area contributed by atoms with Crippen LogP contribution in [-0.2, 0) is 4.74 Å². The first-order valence-electron chi connectivity index (χ1n) is 4.61. The second kappa shape index (κ2) is 4.55. The van der Waals surface area contributed by atoms with Crippen LogP contribution in [0.4, 0.5) is 0 Å². The van der Waals surface area contributed by atoms with Crippen LogP contribution >= 0.6 is 0 Å². The lowest BCUT2D eigenvalue weighted by Crippen LogP contribution is -2.14. The zero-order valence-corrected chi connectivity index (χ0v) is 7.38. The summed E-state index contributed by atoms with van der Waals surface area (Å²) >= 11 is 0. The number of hydrogen-bond donors (Lipinski definition) is 0. The maximum Gasteiger partial charge on any atom is 0.0648 e. The van der Waals surface area contributed by atoms with Crippen molar-refractivity contribution in [1.29, 1.82) is 0 Å². The quantitative estimate of drug-likeness (QED) is 0.534. The van der Waals surface area contributed by atoms with Gasteiger partial charge in [0.15, 0.2) is 0 Å². The van der Waals surface area contributed by atoms with E-state index in [0.29, 0.717) is 6.10 Å². The summed E-state index contributed by atoms with van der Waals surface area (Å²) < 4.78 is 5.64. The Bertz CT molecular complexity index is 116. The molecule has 1 fully saturated rings. The summed E-state index contributed by atoms with van der Waals surface area (Å²) in [5.41, 5.74) is 0. The lowest BCUT2D eigenvalue weighted by Gasteiger charge is -2.14. The van der Waals surface area contributed by atoms with Crippen LogP contribution in [0, 0.1) is 5.92 Å². The molecule has 64 valence electrons. The Labute approximate surface area is 69.4 Å². The van der Waals surface area contributed by atoms with Gasteiger partial charge in [-0.3, -0.25) is 0 Å². The molecule has 11 heavy (non-hydrogen) atoms. The summed E-state index contributed by atoms with van der Waals surface area (Å²) in [5, 5.41) is 0. The van der Waals surface area contributed by atoms with E-state index in [1.807, 2.05) is 6.08 Å². The SMILES string of the molecule is C=CCOC(CCC)C1CC1. The zero-order chi connectivity index (χ0) is 8.10. The summed E-state index contributed by atoms with van der Waals surface area (Å²) in [6, 6.07) is 0. The van der Waals surface area contributed by atoms with E-state index in [1.54, 1.807) is 0 Å². The third kappa shape index (κ3) is 3.06. The van der Waals surface area contributed by atoms with E-state index in [0.717, 1.165) is 12.5 Å². The minimum atomic E-state index is 0.526. The van der Waals surface area contributed by atoms with Crippen molar-refractivity contribution in [2.75, 3.05) is 6.61 Å². The van der Waals surface area contributed by atoms with Gasteiger partial charge in [0.2, 0.25) is 0 Å². The monoisotopic (exact) mass is 154 g/mol. The van der Waals surface area contributed by atoms with Crippen LogP contribution in [0.2, 0.25) is 0 Å². The summed E-state index contributed by atoms with van der Waals surface area (Å²) in [5.74, 6) is 0.870. The van der Waals surface area contributed by atoms with E-state index in [1.165, 1.54) is 25.7 Å². The van der Waals surface area contributed by atoms with E-state index in [-0.39, 0.29) is 0 Å². The van der Waals surface area contributed by atoms with E-state index in [2.05, 4.69) is 13.5 Å².